The molecule has 0 saturated heterocycles. The van der Waals surface area contributed by atoms with Crippen molar-refractivity contribution in [3.05, 3.63) is 35.6 Å². The van der Waals surface area contributed by atoms with Gasteiger partial charge in [-0.1, -0.05) is 6.58 Å². The molecule has 0 saturated carbocycles. The highest BCUT2D eigenvalue weighted by Crippen LogP contribution is 2.21. The summed E-state index contributed by atoms with van der Waals surface area (Å²) in [6.07, 6.45) is -1.55. The van der Waals surface area contributed by atoms with E-state index in [9.17, 15) is 18.0 Å². The van der Waals surface area contributed by atoms with Gasteiger partial charge in [-0.2, -0.15) is 13.2 Å². The number of hydrogen-bond acceptors (Lipinski definition) is 2. The minimum Gasteiger partial charge on any atom is -0.494 e. The molecule has 0 aromatic heterocycles. The van der Waals surface area contributed by atoms with E-state index < -0.39 is 12.6 Å². The third-order valence-electron chi connectivity index (χ3n) is 1.96. The molecular weight excluding hydrogens is 245 g/mol. The van der Waals surface area contributed by atoms with Gasteiger partial charge in [-0.3, -0.25) is 4.79 Å². The van der Waals surface area contributed by atoms with Crippen LogP contribution in [0, 0.1) is 0 Å². The molecule has 0 aromatic carbocycles. The maximum absolute atomic E-state index is 11.9. The van der Waals surface area contributed by atoms with Crippen molar-refractivity contribution >= 4 is 6.29 Å². The minimum atomic E-state index is -4.16. The molecule has 0 unspecified atom stereocenters. The summed E-state index contributed by atoms with van der Waals surface area (Å²) >= 11 is 0. The Morgan fingerprint density at radius 2 is 1.89 bits per heavy atom. The van der Waals surface area contributed by atoms with Crippen molar-refractivity contribution in [1.82, 2.24) is 0 Å². The van der Waals surface area contributed by atoms with Crippen molar-refractivity contribution in [2.24, 2.45) is 0 Å². The number of alkyl halides is 3. The second-order valence-corrected chi connectivity index (χ2v) is 3.96. The minimum absolute atomic E-state index is 0.0159. The van der Waals surface area contributed by atoms with Gasteiger partial charge in [0.25, 0.3) is 0 Å². The lowest BCUT2D eigenvalue weighted by Crippen LogP contribution is -2.08. The largest absolute Gasteiger partial charge is 0.494 e. The molecule has 0 aliphatic heterocycles. The fraction of sp³-hybridized carbons (Fsp3) is 0.462. The zero-order chi connectivity index (χ0) is 14.2. The van der Waals surface area contributed by atoms with E-state index in [0.717, 1.165) is 5.57 Å². The van der Waals surface area contributed by atoms with E-state index in [0.29, 0.717) is 12.0 Å². The SMILES string of the molecule is C=C(C=O)/C=C\C(OCCCC(F)(F)F)=C(C)C. The average molecular weight is 262 g/mol. The molecule has 0 radical (unpaired) electrons. The maximum Gasteiger partial charge on any atom is 0.389 e. The van der Waals surface area contributed by atoms with Crippen LogP contribution in [0.15, 0.2) is 35.6 Å². The first kappa shape index (κ1) is 16.5. The van der Waals surface area contributed by atoms with Gasteiger partial charge >= 0.3 is 6.18 Å². The zero-order valence-electron chi connectivity index (χ0n) is 10.5. The molecule has 5 heteroatoms. The fourth-order valence-corrected chi connectivity index (χ4v) is 1.04. The normalized spacial score (nSPS) is 11.4. The number of carbonyl (C=O) groups is 1. The second-order valence-electron chi connectivity index (χ2n) is 3.96. The van der Waals surface area contributed by atoms with Crippen LogP contribution in [0.5, 0.6) is 0 Å². The molecule has 0 heterocycles. The van der Waals surface area contributed by atoms with Gasteiger partial charge in [0.15, 0.2) is 0 Å². The Bertz CT molecular complexity index is 348. The van der Waals surface area contributed by atoms with Gasteiger partial charge in [0.2, 0.25) is 0 Å². The highest BCUT2D eigenvalue weighted by Gasteiger charge is 2.26. The molecule has 2 nitrogen and oxygen atoms in total. The first-order valence-electron chi connectivity index (χ1n) is 5.45. The summed E-state index contributed by atoms with van der Waals surface area (Å²) in [6.45, 7) is 6.98. The summed E-state index contributed by atoms with van der Waals surface area (Å²) in [4.78, 5) is 10.3. The molecule has 0 amide bonds. The van der Waals surface area contributed by atoms with Crippen LogP contribution in [0.2, 0.25) is 0 Å². The molecule has 102 valence electrons. The Labute approximate surface area is 105 Å². The molecule has 0 aromatic rings. The van der Waals surface area contributed by atoms with Gasteiger partial charge in [0.05, 0.1) is 6.61 Å². The van der Waals surface area contributed by atoms with E-state index in [1.807, 2.05) is 0 Å². The number of allylic oxidation sites excluding steroid dienone is 4. The molecule has 0 aliphatic rings. The molecule has 0 N–H and O–H groups in total. The van der Waals surface area contributed by atoms with E-state index in [1.165, 1.54) is 12.2 Å². The molecule has 0 rings (SSSR count). The van der Waals surface area contributed by atoms with Crippen LogP contribution in [0.1, 0.15) is 26.7 Å². The number of ether oxygens (including phenoxy) is 1. The molecule has 18 heavy (non-hydrogen) atoms. The van der Waals surface area contributed by atoms with Gasteiger partial charge < -0.3 is 4.74 Å². The van der Waals surface area contributed by atoms with E-state index in [1.54, 1.807) is 13.8 Å². The summed E-state index contributed by atoms with van der Waals surface area (Å²) in [5, 5.41) is 0. The lowest BCUT2D eigenvalue weighted by molar-refractivity contribution is -0.137. The number of rotatable bonds is 7. The van der Waals surface area contributed by atoms with E-state index in [2.05, 4.69) is 6.58 Å². The van der Waals surface area contributed by atoms with Crippen molar-refractivity contribution in [1.29, 1.82) is 0 Å². The lowest BCUT2D eigenvalue weighted by atomic mass is 10.2. The van der Waals surface area contributed by atoms with Crippen LogP contribution >= 0.6 is 0 Å². The quantitative estimate of drug-likeness (QED) is 0.228. The van der Waals surface area contributed by atoms with Crippen LogP contribution in [-0.4, -0.2) is 19.1 Å². The number of aldehydes is 1. The first-order valence-corrected chi connectivity index (χ1v) is 5.45. The third kappa shape index (κ3) is 8.61. The van der Waals surface area contributed by atoms with Gasteiger partial charge in [-0.05, 0) is 38.0 Å². The zero-order valence-corrected chi connectivity index (χ0v) is 10.5. The Kier molecular flexibility index (Phi) is 7.08. The van der Waals surface area contributed by atoms with Crippen LogP contribution in [0.25, 0.3) is 0 Å². The van der Waals surface area contributed by atoms with E-state index in [4.69, 9.17) is 4.74 Å². The van der Waals surface area contributed by atoms with Gasteiger partial charge in [0.1, 0.15) is 12.0 Å². The second kappa shape index (κ2) is 7.74. The molecule has 0 atom stereocenters. The predicted octanol–water partition coefficient (Wildman–Crippen LogP) is 3.95. The predicted molar refractivity (Wildman–Crippen MR) is 64.0 cm³/mol. The Morgan fingerprint density at radius 1 is 1.28 bits per heavy atom. The molecule has 0 fully saturated rings. The maximum atomic E-state index is 11.9. The lowest BCUT2D eigenvalue weighted by Gasteiger charge is -2.10. The number of hydrogen-bond donors (Lipinski definition) is 0. The van der Waals surface area contributed by atoms with Crippen molar-refractivity contribution in [3.63, 3.8) is 0 Å². The fourth-order valence-electron chi connectivity index (χ4n) is 1.04. The van der Waals surface area contributed by atoms with Crippen LogP contribution in [0.3, 0.4) is 0 Å². The van der Waals surface area contributed by atoms with Crippen LogP contribution in [0.4, 0.5) is 13.2 Å². The molecule has 0 aliphatic carbocycles. The van der Waals surface area contributed by atoms with Crippen molar-refractivity contribution in [2.45, 2.75) is 32.9 Å². The molecular formula is C13H17F3O2. The number of halogens is 3. The average Bonchev–Trinajstić information content (AvgIpc) is 2.25. The highest BCUT2D eigenvalue weighted by molar-refractivity contribution is 5.76. The smallest absolute Gasteiger partial charge is 0.389 e. The van der Waals surface area contributed by atoms with Gasteiger partial charge in [-0.25, -0.2) is 0 Å². The van der Waals surface area contributed by atoms with Crippen LogP contribution < -0.4 is 0 Å². The third-order valence-corrected chi connectivity index (χ3v) is 1.96. The first-order chi connectivity index (χ1) is 8.26. The highest BCUT2D eigenvalue weighted by atomic mass is 19.4. The van der Waals surface area contributed by atoms with E-state index >= 15 is 0 Å². The summed E-state index contributed by atoms with van der Waals surface area (Å²) in [5.41, 5.74) is 1.09. The Hall–Kier alpha value is -1.52. The topological polar surface area (TPSA) is 26.3 Å². The van der Waals surface area contributed by atoms with Crippen molar-refractivity contribution < 1.29 is 22.7 Å². The van der Waals surface area contributed by atoms with E-state index in [-0.39, 0.29) is 18.6 Å². The summed E-state index contributed by atoms with van der Waals surface area (Å²) in [5.74, 6) is 0.458. The van der Waals surface area contributed by atoms with Gasteiger partial charge in [-0.15, -0.1) is 0 Å². The van der Waals surface area contributed by atoms with Crippen LogP contribution in [-0.2, 0) is 9.53 Å². The Morgan fingerprint density at radius 3 is 2.33 bits per heavy atom. The monoisotopic (exact) mass is 262 g/mol. The standard InChI is InChI=1S/C13H17F3O2/c1-10(2)12(6-5-11(3)9-17)18-8-4-7-13(14,15)16/h5-6,9H,3-4,7-8H2,1-2H3/b6-5-. The molecule has 0 bridgehead atoms. The van der Waals surface area contributed by atoms with Crippen molar-refractivity contribution in [3.8, 4) is 0 Å². The van der Waals surface area contributed by atoms with Gasteiger partial charge in [0, 0.05) is 12.0 Å². The summed E-state index contributed by atoms with van der Waals surface area (Å²) in [7, 11) is 0. The molecule has 0 spiro atoms. The summed E-state index contributed by atoms with van der Waals surface area (Å²) in [6, 6.07) is 0. The van der Waals surface area contributed by atoms with Crippen molar-refractivity contribution in [2.75, 3.05) is 6.61 Å². The Balaban J connectivity index is 4.25. The number of carbonyl (C=O) groups excluding carboxylic acids is 1. The summed E-state index contributed by atoms with van der Waals surface area (Å²) < 4.78 is 40.9.